The van der Waals surface area contributed by atoms with E-state index in [1.54, 1.807) is 0 Å². The van der Waals surface area contributed by atoms with E-state index in [4.69, 9.17) is 16.3 Å². The van der Waals surface area contributed by atoms with Crippen LogP contribution in [0.3, 0.4) is 0 Å². The van der Waals surface area contributed by atoms with E-state index < -0.39 is 0 Å². The van der Waals surface area contributed by atoms with Crippen molar-refractivity contribution in [2.75, 3.05) is 0 Å². The molecule has 0 fully saturated rings. The van der Waals surface area contributed by atoms with Crippen LogP contribution in [0.15, 0.2) is 36.4 Å². The minimum Gasteiger partial charge on any atom is -0.457 e. The Morgan fingerprint density at radius 3 is 2.61 bits per heavy atom. The summed E-state index contributed by atoms with van der Waals surface area (Å²) in [5.74, 6) is 1.73. The van der Waals surface area contributed by atoms with Crippen LogP contribution in [-0.4, -0.2) is 0 Å². The molecular weight excluding hydrogens is 312 g/mol. The van der Waals surface area contributed by atoms with Crippen LogP contribution >= 0.6 is 27.5 Å². The second-order valence-corrected chi connectivity index (χ2v) is 5.18. The van der Waals surface area contributed by atoms with Crippen molar-refractivity contribution in [3.8, 4) is 11.5 Å². The number of benzene rings is 2. The molecule has 0 saturated heterocycles. The van der Waals surface area contributed by atoms with Crippen molar-refractivity contribution >= 4 is 27.5 Å². The molecule has 0 N–H and O–H groups in total. The lowest BCUT2D eigenvalue weighted by Crippen LogP contribution is -1.93. The van der Waals surface area contributed by atoms with Crippen molar-refractivity contribution in [3.05, 3.63) is 58.1 Å². The van der Waals surface area contributed by atoms with Crippen molar-refractivity contribution in [1.29, 1.82) is 0 Å². The molecule has 0 aromatic heterocycles. The van der Waals surface area contributed by atoms with Crippen molar-refractivity contribution in [2.24, 2.45) is 0 Å². The summed E-state index contributed by atoms with van der Waals surface area (Å²) in [7, 11) is 0. The maximum atomic E-state index is 5.98. The van der Waals surface area contributed by atoms with Gasteiger partial charge in [0.05, 0.1) is 0 Å². The van der Waals surface area contributed by atoms with Crippen LogP contribution in [-0.2, 0) is 5.33 Å². The van der Waals surface area contributed by atoms with Crippen LogP contribution < -0.4 is 4.74 Å². The van der Waals surface area contributed by atoms with E-state index in [9.17, 15) is 0 Å². The van der Waals surface area contributed by atoms with Crippen molar-refractivity contribution in [3.63, 3.8) is 0 Å². The van der Waals surface area contributed by atoms with Gasteiger partial charge in [-0.1, -0.05) is 39.7 Å². The first kappa shape index (κ1) is 13.4. The van der Waals surface area contributed by atoms with Gasteiger partial charge < -0.3 is 4.74 Å². The van der Waals surface area contributed by atoms with Crippen LogP contribution in [0.2, 0.25) is 5.02 Å². The normalized spacial score (nSPS) is 10.4. The van der Waals surface area contributed by atoms with E-state index in [-0.39, 0.29) is 0 Å². The monoisotopic (exact) mass is 324 g/mol. The molecule has 2 rings (SSSR count). The van der Waals surface area contributed by atoms with E-state index in [1.807, 2.05) is 30.3 Å². The van der Waals surface area contributed by atoms with Gasteiger partial charge in [-0.3, -0.25) is 0 Å². The van der Waals surface area contributed by atoms with Crippen LogP contribution in [0.25, 0.3) is 0 Å². The van der Waals surface area contributed by atoms with E-state index in [2.05, 4.69) is 35.8 Å². The van der Waals surface area contributed by atoms with Gasteiger partial charge in [0.25, 0.3) is 0 Å². The highest BCUT2D eigenvalue weighted by Gasteiger charge is 2.07. The molecule has 0 heterocycles. The molecule has 0 amide bonds. The molecule has 0 saturated carbocycles. The summed E-state index contributed by atoms with van der Waals surface area (Å²) in [4.78, 5) is 0. The number of hydrogen-bond acceptors (Lipinski definition) is 1. The molecule has 0 aliphatic rings. The highest BCUT2D eigenvalue weighted by Crippen LogP contribution is 2.31. The van der Waals surface area contributed by atoms with Crippen LogP contribution in [0.4, 0.5) is 0 Å². The summed E-state index contributed by atoms with van der Waals surface area (Å²) in [6.45, 7) is 4.14. The molecule has 2 aromatic rings. The number of rotatable bonds is 3. The summed E-state index contributed by atoms with van der Waals surface area (Å²) in [5.41, 5.74) is 3.43. The molecule has 0 aliphatic heterocycles. The van der Waals surface area contributed by atoms with E-state index >= 15 is 0 Å². The number of aryl methyl sites for hydroxylation is 1. The lowest BCUT2D eigenvalue weighted by atomic mass is 10.1. The summed E-state index contributed by atoms with van der Waals surface area (Å²) in [5, 5.41) is 1.44. The first-order valence-electron chi connectivity index (χ1n) is 5.70. The predicted molar refractivity (Wildman–Crippen MR) is 80.1 cm³/mol. The molecule has 0 atom stereocenters. The number of hydrogen-bond donors (Lipinski definition) is 0. The average Bonchev–Trinajstić information content (AvgIpc) is 2.37. The molecular formula is C15H14BrClO. The topological polar surface area (TPSA) is 9.23 Å². The fourth-order valence-electron chi connectivity index (χ4n) is 1.71. The SMILES string of the molecule is Cc1cccc(Oc2ccc(Cl)cc2CBr)c1C. The number of halogens is 2. The fraction of sp³-hybridized carbons (Fsp3) is 0.200. The molecule has 0 aliphatic carbocycles. The van der Waals surface area contributed by atoms with Gasteiger partial charge in [0, 0.05) is 15.9 Å². The Morgan fingerprint density at radius 2 is 1.89 bits per heavy atom. The van der Waals surface area contributed by atoms with Gasteiger partial charge in [0.15, 0.2) is 0 Å². The maximum Gasteiger partial charge on any atom is 0.131 e. The Bertz CT molecular complexity index is 566. The number of alkyl halides is 1. The van der Waals surface area contributed by atoms with Gasteiger partial charge in [-0.2, -0.15) is 0 Å². The first-order chi connectivity index (χ1) is 8.61. The predicted octanol–water partition coefficient (Wildman–Crippen LogP) is 5.64. The van der Waals surface area contributed by atoms with E-state index in [1.165, 1.54) is 5.56 Å². The lowest BCUT2D eigenvalue weighted by Gasteiger charge is -2.13. The standard InChI is InChI=1S/C15H14BrClO/c1-10-4-3-5-14(11(10)2)18-15-7-6-13(17)8-12(15)9-16/h3-8H,9H2,1-2H3. The summed E-state index contributed by atoms with van der Waals surface area (Å²) in [6.07, 6.45) is 0. The van der Waals surface area contributed by atoms with Crippen LogP contribution in [0, 0.1) is 13.8 Å². The smallest absolute Gasteiger partial charge is 0.131 e. The molecule has 3 heteroatoms. The second-order valence-electron chi connectivity index (χ2n) is 4.19. The molecule has 18 heavy (non-hydrogen) atoms. The molecule has 0 radical (unpaired) electrons. The third-order valence-electron chi connectivity index (χ3n) is 2.94. The Labute approximate surface area is 121 Å². The van der Waals surface area contributed by atoms with Crippen LogP contribution in [0.5, 0.6) is 11.5 Å². The highest BCUT2D eigenvalue weighted by molar-refractivity contribution is 9.08. The average molecular weight is 326 g/mol. The zero-order valence-electron chi connectivity index (χ0n) is 10.3. The maximum absolute atomic E-state index is 5.98. The van der Waals surface area contributed by atoms with Crippen molar-refractivity contribution < 1.29 is 4.74 Å². The third kappa shape index (κ3) is 2.88. The third-order valence-corrected chi connectivity index (χ3v) is 3.78. The van der Waals surface area contributed by atoms with E-state index in [0.717, 1.165) is 27.6 Å². The quantitative estimate of drug-likeness (QED) is 0.663. The Morgan fingerprint density at radius 1 is 1.11 bits per heavy atom. The van der Waals surface area contributed by atoms with Gasteiger partial charge in [-0.15, -0.1) is 0 Å². The van der Waals surface area contributed by atoms with Gasteiger partial charge in [0.1, 0.15) is 11.5 Å². The van der Waals surface area contributed by atoms with E-state index in [0.29, 0.717) is 5.33 Å². The molecule has 0 spiro atoms. The Balaban J connectivity index is 2.37. The Hall–Kier alpha value is -0.990. The summed E-state index contributed by atoms with van der Waals surface area (Å²) in [6, 6.07) is 11.7. The minimum absolute atomic E-state index is 0.716. The molecule has 94 valence electrons. The highest BCUT2D eigenvalue weighted by atomic mass is 79.9. The van der Waals surface area contributed by atoms with Gasteiger partial charge in [-0.25, -0.2) is 0 Å². The zero-order chi connectivity index (χ0) is 13.1. The Kier molecular flexibility index (Phi) is 4.31. The largest absolute Gasteiger partial charge is 0.457 e. The summed E-state index contributed by atoms with van der Waals surface area (Å²) < 4.78 is 5.98. The van der Waals surface area contributed by atoms with Crippen LogP contribution in [0.1, 0.15) is 16.7 Å². The van der Waals surface area contributed by atoms with Crippen molar-refractivity contribution in [2.45, 2.75) is 19.2 Å². The minimum atomic E-state index is 0.716. The van der Waals surface area contributed by atoms with Gasteiger partial charge >= 0.3 is 0 Å². The van der Waals surface area contributed by atoms with Gasteiger partial charge in [0.2, 0.25) is 0 Å². The number of ether oxygens (including phenoxy) is 1. The molecule has 0 bridgehead atoms. The first-order valence-corrected chi connectivity index (χ1v) is 7.20. The second kappa shape index (κ2) is 5.77. The van der Waals surface area contributed by atoms with Gasteiger partial charge in [-0.05, 0) is 49.2 Å². The molecule has 0 unspecified atom stereocenters. The zero-order valence-corrected chi connectivity index (χ0v) is 12.7. The lowest BCUT2D eigenvalue weighted by molar-refractivity contribution is 0.474. The van der Waals surface area contributed by atoms with Crippen molar-refractivity contribution in [1.82, 2.24) is 0 Å². The fourth-order valence-corrected chi connectivity index (χ4v) is 2.34. The molecule has 1 nitrogen and oxygen atoms in total. The summed E-state index contributed by atoms with van der Waals surface area (Å²) >= 11 is 9.43. The molecule has 2 aromatic carbocycles.